The average molecular weight is 409 g/mol. The van der Waals surface area contributed by atoms with E-state index in [0.717, 1.165) is 63.0 Å². The summed E-state index contributed by atoms with van der Waals surface area (Å²) in [6.07, 6.45) is 1.65. The molecule has 4 heterocycles. The number of nitrogens with one attached hydrogen (secondary N) is 2. The Labute approximate surface area is 176 Å². The van der Waals surface area contributed by atoms with Crippen LogP contribution in [0.15, 0.2) is 42.5 Å². The Balaban J connectivity index is 1.79. The first-order chi connectivity index (χ1) is 15.2. The van der Waals surface area contributed by atoms with Crippen molar-refractivity contribution in [3.8, 4) is 0 Å². The van der Waals surface area contributed by atoms with Gasteiger partial charge in [-0.3, -0.25) is 14.9 Å². The van der Waals surface area contributed by atoms with Gasteiger partial charge >= 0.3 is 0 Å². The molecule has 0 saturated carbocycles. The van der Waals surface area contributed by atoms with E-state index in [9.17, 15) is 14.7 Å². The number of aliphatic hydroxyl groups is 1. The molecule has 5 aromatic rings. The van der Waals surface area contributed by atoms with Gasteiger partial charge in [0, 0.05) is 40.2 Å². The van der Waals surface area contributed by atoms with Gasteiger partial charge in [0.1, 0.15) is 0 Å². The van der Waals surface area contributed by atoms with E-state index in [0.29, 0.717) is 11.1 Å². The molecule has 0 bridgehead atoms. The van der Waals surface area contributed by atoms with E-state index in [1.807, 2.05) is 36.4 Å². The second-order valence-electron chi connectivity index (χ2n) is 8.68. The van der Waals surface area contributed by atoms with Gasteiger partial charge < -0.3 is 14.7 Å². The van der Waals surface area contributed by atoms with E-state index in [1.165, 1.54) is 5.56 Å². The lowest BCUT2D eigenvalue weighted by Crippen LogP contribution is -2.20. The predicted molar refractivity (Wildman–Crippen MR) is 120 cm³/mol. The summed E-state index contributed by atoms with van der Waals surface area (Å²) >= 11 is 0. The van der Waals surface area contributed by atoms with Crippen molar-refractivity contribution in [1.82, 2.24) is 14.9 Å². The van der Waals surface area contributed by atoms with Crippen LogP contribution in [0.2, 0.25) is 0 Å². The van der Waals surface area contributed by atoms with Gasteiger partial charge in [-0.15, -0.1) is 0 Å². The molecule has 2 amide bonds. The lowest BCUT2D eigenvalue weighted by molar-refractivity contribution is 0.0880. The Morgan fingerprint density at radius 1 is 0.935 bits per heavy atom. The molecule has 2 aromatic heterocycles. The van der Waals surface area contributed by atoms with E-state index < -0.39 is 0 Å². The van der Waals surface area contributed by atoms with Gasteiger partial charge in [0.25, 0.3) is 11.8 Å². The highest BCUT2D eigenvalue weighted by molar-refractivity contribution is 6.39. The zero-order valence-electron chi connectivity index (χ0n) is 16.7. The Morgan fingerprint density at radius 2 is 1.71 bits per heavy atom. The molecule has 0 spiro atoms. The number of fused-ring (bicyclic) bond motifs is 10. The number of aromatic nitrogens is 2. The van der Waals surface area contributed by atoms with Gasteiger partial charge in [-0.05, 0) is 30.4 Å². The van der Waals surface area contributed by atoms with Crippen molar-refractivity contribution in [2.75, 3.05) is 6.61 Å². The first-order valence-electron chi connectivity index (χ1n) is 10.6. The summed E-state index contributed by atoms with van der Waals surface area (Å²) in [5, 5.41) is 16.0. The molecule has 2 aliphatic heterocycles. The van der Waals surface area contributed by atoms with Crippen molar-refractivity contribution in [2.45, 2.75) is 19.4 Å². The number of carbonyl (C=O) groups is 2. The number of aryl methyl sites for hydroxylation is 1. The molecular formula is C25H19N3O3. The molecule has 152 valence electrons. The van der Waals surface area contributed by atoms with Crippen LogP contribution in [0, 0.1) is 5.92 Å². The fourth-order valence-electron chi connectivity index (χ4n) is 5.78. The van der Waals surface area contributed by atoms with E-state index in [1.54, 1.807) is 0 Å². The van der Waals surface area contributed by atoms with Crippen LogP contribution in [0.4, 0.5) is 0 Å². The average Bonchev–Trinajstić information content (AvgIpc) is 3.35. The number of rotatable bonds is 1. The maximum Gasteiger partial charge on any atom is 0.259 e. The minimum absolute atomic E-state index is 0.160. The number of benzene rings is 3. The summed E-state index contributed by atoms with van der Waals surface area (Å²) in [5.74, 6) is -0.453. The van der Waals surface area contributed by atoms with E-state index in [-0.39, 0.29) is 24.3 Å². The zero-order chi connectivity index (χ0) is 20.9. The molecule has 6 heteroatoms. The molecule has 0 saturated heterocycles. The zero-order valence-corrected chi connectivity index (χ0v) is 16.7. The molecule has 1 atom stereocenters. The van der Waals surface area contributed by atoms with Gasteiger partial charge in [0.15, 0.2) is 0 Å². The molecule has 7 rings (SSSR count). The number of imide groups is 1. The van der Waals surface area contributed by atoms with Gasteiger partial charge in [-0.25, -0.2) is 0 Å². The monoisotopic (exact) mass is 409 g/mol. The van der Waals surface area contributed by atoms with Gasteiger partial charge in [0.2, 0.25) is 0 Å². The molecule has 31 heavy (non-hydrogen) atoms. The Bertz CT molecular complexity index is 1620. The van der Waals surface area contributed by atoms with Crippen molar-refractivity contribution in [1.29, 1.82) is 0 Å². The number of H-pyrrole nitrogens is 1. The lowest BCUT2D eigenvalue weighted by Gasteiger charge is -2.11. The van der Waals surface area contributed by atoms with E-state index >= 15 is 0 Å². The maximum absolute atomic E-state index is 13.0. The normalized spacial score (nSPS) is 18.3. The third kappa shape index (κ3) is 2.00. The van der Waals surface area contributed by atoms with Crippen LogP contribution in [0.25, 0.3) is 43.6 Å². The first kappa shape index (κ1) is 17.1. The summed E-state index contributed by atoms with van der Waals surface area (Å²) in [6, 6.07) is 14.1. The van der Waals surface area contributed by atoms with Crippen LogP contribution in [0.5, 0.6) is 0 Å². The molecule has 6 nitrogen and oxygen atoms in total. The number of nitrogens with zero attached hydrogens (tertiary/aromatic N) is 1. The van der Waals surface area contributed by atoms with Crippen LogP contribution in [-0.4, -0.2) is 33.1 Å². The van der Waals surface area contributed by atoms with Gasteiger partial charge in [-0.2, -0.15) is 0 Å². The topological polar surface area (TPSA) is 87.1 Å². The summed E-state index contributed by atoms with van der Waals surface area (Å²) < 4.78 is 2.30. The molecule has 2 aliphatic rings. The summed E-state index contributed by atoms with van der Waals surface area (Å²) in [5.41, 5.74) is 6.04. The molecule has 0 aliphatic carbocycles. The lowest BCUT2D eigenvalue weighted by atomic mass is 9.94. The largest absolute Gasteiger partial charge is 0.396 e. The van der Waals surface area contributed by atoms with Gasteiger partial charge in [0.05, 0.1) is 27.7 Å². The highest BCUT2D eigenvalue weighted by atomic mass is 16.3. The second-order valence-corrected chi connectivity index (χ2v) is 8.68. The Hall–Kier alpha value is -3.64. The van der Waals surface area contributed by atoms with Crippen molar-refractivity contribution in [2.24, 2.45) is 5.92 Å². The number of carbonyl (C=O) groups excluding carboxylic acids is 2. The molecular weight excluding hydrogens is 390 g/mol. The van der Waals surface area contributed by atoms with Crippen LogP contribution in [-0.2, 0) is 13.0 Å². The van der Waals surface area contributed by atoms with Gasteiger partial charge in [-0.1, -0.05) is 36.4 Å². The van der Waals surface area contributed by atoms with Crippen molar-refractivity contribution >= 4 is 55.4 Å². The summed E-state index contributed by atoms with van der Waals surface area (Å²) in [7, 11) is 0. The summed E-state index contributed by atoms with van der Waals surface area (Å²) in [4.78, 5) is 29.5. The van der Waals surface area contributed by atoms with Crippen LogP contribution in [0.1, 0.15) is 32.7 Å². The highest BCUT2D eigenvalue weighted by Crippen LogP contribution is 2.45. The minimum Gasteiger partial charge on any atom is -0.396 e. The second kappa shape index (κ2) is 5.74. The number of hydrogen-bond acceptors (Lipinski definition) is 3. The van der Waals surface area contributed by atoms with Crippen LogP contribution in [0.3, 0.4) is 0 Å². The standard InChI is InChI=1S/C25H19N3O3/c29-11-12-8-9-28-22-13(10-12)4-3-6-15(22)18-20-19(24(30)27-25(20)31)17-14-5-1-2-7-16(14)26-21(17)23(18)28/h1-7,12,26,29H,8-11H2,(H,27,30,31). The Morgan fingerprint density at radius 3 is 2.55 bits per heavy atom. The number of amides is 2. The third-order valence-electron chi connectivity index (χ3n) is 7.07. The number of aliphatic hydroxyl groups excluding tert-OH is 1. The van der Waals surface area contributed by atoms with Crippen LogP contribution < -0.4 is 5.32 Å². The highest BCUT2D eigenvalue weighted by Gasteiger charge is 2.36. The fourth-order valence-corrected chi connectivity index (χ4v) is 5.78. The third-order valence-corrected chi connectivity index (χ3v) is 7.07. The molecule has 0 fully saturated rings. The maximum atomic E-state index is 13.0. The first-order valence-corrected chi connectivity index (χ1v) is 10.6. The smallest absolute Gasteiger partial charge is 0.259 e. The predicted octanol–water partition coefficient (Wildman–Crippen LogP) is 3.87. The molecule has 1 unspecified atom stereocenters. The van der Waals surface area contributed by atoms with Crippen molar-refractivity contribution in [3.05, 3.63) is 59.2 Å². The molecule has 3 aromatic carbocycles. The Kier molecular flexibility index (Phi) is 3.16. The number of aromatic amines is 1. The number of hydrogen-bond donors (Lipinski definition) is 3. The minimum atomic E-state index is -0.332. The summed E-state index contributed by atoms with van der Waals surface area (Å²) in [6.45, 7) is 0.911. The molecule has 3 N–H and O–H groups in total. The number of para-hydroxylation sites is 2. The fraction of sp³-hybridized carbons (Fsp3) is 0.200. The SMILES string of the molecule is O=C1NC(=O)c2c1c1c3ccccc3[nH]c1c1c2c2cccc3c2n1CCC(CO)C3. The van der Waals surface area contributed by atoms with E-state index in [4.69, 9.17) is 0 Å². The van der Waals surface area contributed by atoms with Crippen LogP contribution >= 0.6 is 0 Å². The quantitative estimate of drug-likeness (QED) is 0.367. The van der Waals surface area contributed by atoms with Crippen molar-refractivity contribution in [3.63, 3.8) is 0 Å². The van der Waals surface area contributed by atoms with Crippen molar-refractivity contribution < 1.29 is 14.7 Å². The van der Waals surface area contributed by atoms with E-state index in [2.05, 4.69) is 20.9 Å². The molecule has 0 radical (unpaired) electrons.